The summed E-state index contributed by atoms with van der Waals surface area (Å²) in [6.07, 6.45) is 0. The standard InChI is InChI=1S/C11H14ClN5S/c1-4-13-10-14-9(8-7(12)5-6-18-8)15-11(16-10)17(2)3/h5-6H,4H2,1-3H3,(H,13,14,15,16). The van der Waals surface area contributed by atoms with Crippen LogP contribution >= 0.6 is 22.9 Å². The molecular formula is C11H14ClN5S. The maximum Gasteiger partial charge on any atom is 0.230 e. The Balaban J connectivity index is 2.50. The Morgan fingerprint density at radius 3 is 2.67 bits per heavy atom. The highest BCUT2D eigenvalue weighted by Gasteiger charge is 2.13. The number of nitrogens with one attached hydrogen (secondary N) is 1. The largest absolute Gasteiger partial charge is 0.354 e. The first kappa shape index (κ1) is 13.0. The van der Waals surface area contributed by atoms with Crippen molar-refractivity contribution < 1.29 is 0 Å². The lowest BCUT2D eigenvalue weighted by Gasteiger charge is -2.12. The maximum absolute atomic E-state index is 6.11. The van der Waals surface area contributed by atoms with Crippen molar-refractivity contribution in [1.29, 1.82) is 0 Å². The van der Waals surface area contributed by atoms with Crippen LogP contribution in [-0.4, -0.2) is 35.6 Å². The van der Waals surface area contributed by atoms with Gasteiger partial charge < -0.3 is 10.2 Å². The second kappa shape index (κ2) is 5.49. The molecule has 0 radical (unpaired) electrons. The summed E-state index contributed by atoms with van der Waals surface area (Å²) in [5, 5.41) is 5.68. The summed E-state index contributed by atoms with van der Waals surface area (Å²) < 4.78 is 0. The molecule has 96 valence electrons. The molecule has 0 aliphatic carbocycles. The van der Waals surface area contributed by atoms with Crippen molar-refractivity contribution >= 4 is 34.8 Å². The van der Waals surface area contributed by atoms with Gasteiger partial charge in [0.2, 0.25) is 11.9 Å². The van der Waals surface area contributed by atoms with Gasteiger partial charge in [0.15, 0.2) is 5.82 Å². The number of nitrogens with zero attached hydrogens (tertiary/aromatic N) is 4. The molecule has 0 fully saturated rings. The molecule has 0 aliphatic rings. The van der Waals surface area contributed by atoms with Crippen LogP contribution in [-0.2, 0) is 0 Å². The van der Waals surface area contributed by atoms with E-state index in [2.05, 4.69) is 20.3 Å². The van der Waals surface area contributed by atoms with E-state index < -0.39 is 0 Å². The van der Waals surface area contributed by atoms with E-state index in [1.54, 1.807) is 0 Å². The Kier molecular flexibility index (Phi) is 3.98. The molecule has 0 aromatic carbocycles. The number of halogens is 1. The summed E-state index contributed by atoms with van der Waals surface area (Å²) in [6, 6.07) is 1.84. The van der Waals surface area contributed by atoms with Crippen LogP contribution in [0.15, 0.2) is 11.4 Å². The normalized spacial score (nSPS) is 10.4. The SMILES string of the molecule is CCNc1nc(-c2sccc2Cl)nc(N(C)C)n1. The summed E-state index contributed by atoms with van der Waals surface area (Å²) in [5.74, 6) is 1.78. The molecule has 0 saturated heterocycles. The van der Waals surface area contributed by atoms with Crippen LogP contribution in [0.2, 0.25) is 5.02 Å². The molecule has 2 aromatic rings. The molecule has 0 amide bonds. The predicted octanol–water partition coefficient (Wildman–Crippen LogP) is 2.75. The fourth-order valence-corrected chi connectivity index (χ4v) is 2.43. The van der Waals surface area contributed by atoms with Gasteiger partial charge in [0, 0.05) is 20.6 Å². The van der Waals surface area contributed by atoms with Gasteiger partial charge in [-0.2, -0.15) is 15.0 Å². The number of hydrogen-bond acceptors (Lipinski definition) is 6. The molecule has 1 N–H and O–H groups in total. The maximum atomic E-state index is 6.11. The smallest absolute Gasteiger partial charge is 0.230 e. The van der Waals surface area contributed by atoms with E-state index in [1.807, 2.05) is 37.4 Å². The van der Waals surface area contributed by atoms with Crippen LogP contribution in [0.5, 0.6) is 0 Å². The molecule has 0 atom stereocenters. The summed E-state index contributed by atoms with van der Waals surface area (Å²) in [5.41, 5.74) is 0. The number of rotatable bonds is 4. The first-order valence-electron chi connectivity index (χ1n) is 5.52. The monoisotopic (exact) mass is 283 g/mol. The molecule has 0 spiro atoms. The topological polar surface area (TPSA) is 53.9 Å². The minimum Gasteiger partial charge on any atom is -0.354 e. The summed E-state index contributed by atoms with van der Waals surface area (Å²) in [4.78, 5) is 15.8. The lowest BCUT2D eigenvalue weighted by atomic mass is 10.4. The third-order valence-corrected chi connectivity index (χ3v) is 3.52. The molecule has 2 rings (SSSR count). The Morgan fingerprint density at radius 2 is 2.11 bits per heavy atom. The van der Waals surface area contributed by atoms with Crippen molar-refractivity contribution in [2.24, 2.45) is 0 Å². The minimum atomic E-state index is 0.565. The molecule has 0 bridgehead atoms. The molecule has 2 heterocycles. The molecule has 18 heavy (non-hydrogen) atoms. The summed E-state index contributed by atoms with van der Waals surface area (Å²) >= 11 is 7.63. The van der Waals surface area contributed by atoms with Gasteiger partial charge in [-0.3, -0.25) is 0 Å². The van der Waals surface area contributed by atoms with Crippen LogP contribution < -0.4 is 10.2 Å². The Bertz CT molecular complexity index is 540. The van der Waals surface area contributed by atoms with Gasteiger partial charge >= 0.3 is 0 Å². The Morgan fingerprint density at radius 1 is 1.33 bits per heavy atom. The first-order chi connectivity index (χ1) is 8.61. The molecule has 5 nitrogen and oxygen atoms in total. The van der Waals surface area contributed by atoms with Crippen molar-refractivity contribution in [1.82, 2.24) is 15.0 Å². The minimum absolute atomic E-state index is 0.565. The fraction of sp³-hybridized carbons (Fsp3) is 0.364. The van der Waals surface area contributed by atoms with E-state index in [9.17, 15) is 0 Å². The quantitative estimate of drug-likeness (QED) is 0.935. The van der Waals surface area contributed by atoms with Gasteiger partial charge in [0.25, 0.3) is 0 Å². The molecule has 7 heteroatoms. The van der Waals surface area contributed by atoms with Crippen LogP contribution in [0.4, 0.5) is 11.9 Å². The highest BCUT2D eigenvalue weighted by molar-refractivity contribution is 7.14. The van der Waals surface area contributed by atoms with Gasteiger partial charge in [-0.15, -0.1) is 11.3 Å². The third kappa shape index (κ3) is 2.70. The van der Waals surface area contributed by atoms with E-state index in [-0.39, 0.29) is 0 Å². The average molecular weight is 284 g/mol. The van der Waals surface area contributed by atoms with Gasteiger partial charge in [-0.25, -0.2) is 0 Å². The van der Waals surface area contributed by atoms with Crippen molar-refractivity contribution in [2.75, 3.05) is 30.9 Å². The van der Waals surface area contributed by atoms with Crippen molar-refractivity contribution in [3.63, 3.8) is 0 Å². The van der Waals surface area contributed by atoms with Gasteiger partial charge in [-0.1, -0.05) is 11.6 Å². The van der Waals surface area contributed by atoms with Crippen LogP contribution in [0.25, 0.3) is 10.7 Å². The van der Waals surface area contributed by atoms with E-state index in [1.165, 1.54) is 11.3 Å². The van der Waals surface area contributed by atoms with Crippen LogP contribution in [0.3, 0.4) is 0 Å². The van der Waals surface area contributed by atoms with Crippen LogP contribution in [0, 0.1) is 0 Å². The lowest BCUT2D eigenvalue weighted by Crippen LogP contribution is -2.15. The van der Waals surface area contributed by atoms with Gasteiger partial charge in [-0.05, 0) is 18.4 Å². The Labute approximate surface area is 115 Å². The molecule has 0 unspecified atom stereocenters. The predicted molar refractivity (Wildman–Crippen MR) is 76.6 cm³/mol. The van der Waals surface area contributed by atoms with E-state index in [0.717, 1.165) is 11.4 Å². The Hall–Kier alpha value is -1.40. The second-order valence-electron chi connectivity index (χ2n) is 3.81. The second-order valence-corrected chi connectivity index (χ2v) is 5.13. The van der Waals surface area contributed by atoms with E-state index >= 15 is 0 Å². The van der Waals surface area contributed by atoms with E-state index in [0.29, 0.717) is 22.7 Å². The lowest BCUT2D eigenvalue weighted by molar-refractivity contribution is 0.955. The van der Waals surface area contributed by atoms with Crippen molar-refractivity contribution in [2.45, 2.75) is 6.92 Å². The number of thiophene rings is 1. The zero-order chi connectivity index (χ0) is 13.1. The summed E-state index contributed by atoms with van der Waals surface area (Å²) in [7, 11) is 3.79. The zero-order valence-electron chi connectivity index (χ0n) is 10.4. The first-order valence-corrected chi connectivity index (χ1v) is 6.78. The fourth-order valence-electron chi connectivity index (χ4n) is 1.36. The molecule has 0 saturated carbocycles. The van der Waals surface area contributed by atoms with E-state index in [4.69, 9.17) is 11.6 Å². The van der Waals surface area contributed by atoms with Gasteiger partial charge in [0.1, 0.15) is 0 Å². The summed E-state index contributed by atoms with van der Waals surface area (Å²) in [6.45, 7) is 2.76. The highest BCUT2D eigenvalue weighted by Crippen LogP contribution is 2.31. The highest BCUT2D eigenvalue weighted by atomic mass is 35.5. The molecule has 0 aliphatic heterocycles. The number of anilines is 2. The molecular weight excluding hydrogens is 270 g/mol. The van der Waals surface area contributed by atoms with Crippen molar-refractivity contribution in [3.8, 4) is 10.7 Å². The van der Waals surface area contributed by atoms with Gasteiger partial charge in [0.05, 0.1) is 9.90 Å². The molecule has 2 aromatic heterocycles. The number of hydrogen-bond donors (Lipinski definition) is 1. The average Bonchev–Trinajstić information content (AvgIpc) is 2.75. The van der Waals surface area contributed by atoms with Crippen LogP contribution in [0.1, 0.15) is 6.92 Å². The third-order valence-electron chi connectivity index (χ3n) is 2.18. The zero-order valence-corrected chi connectivity index (χ0v) is 12.0. The van der Waals surface area contributed by atoms with Crippen molar-refractivity contribution in [3.05, 3.63) is 16.5 Å². The number of aromatic nitrogens is 3.